The molecule has 0 aromatic heterocycles. The van der Waals surface area contributed by atoms with Crippen LogP contribution in [0.15, 0.2) is 48.5 Å². The first-order chi connectivity index (χ1) is 9.06. The van der Waals surface area contributed by atoms with E-state index in [0.717, 1.165) is 6.42 Å². The van der Waals surface area contributed by atoms with E-state index in [-0.39, 0.29) is 0 Å². The number of aryl methyl sites for hydroxylation is 1. The standard InChI is InChI=1S/C17H20ClI/c1-13(2)12-15-6-10-17(11-7-15)19(18)16-8-4-14(3)5-9-16/h4-11,13H,12H2,1-3H3. The molecule has 0 heterocycles. The van der Waals surface area contributed by atoms with Crippen LogP contribution in [0, 0.1) is 20.0 Å². The van der Waals surface area contributed by atoms with Crippen LogP contribution in [0.3, 0.4) is 0 Å². The molecule has 102 valence electrons. The summed E-state index contributed by atoms with van der Waals surface area (Å²) in [4.78, 5) is 0. The van der Waals surface area contributed by atoms with E-state index < -0.39 is 18.7 Å². The number of hydrogen-bond donors (Lipinski definition) is 0. The summed E-state index contributed by atoms with van der Waals surface area (Å²) in [5.41, 5.74) is 2.69. The summed E-state index contributed by atoms with van der Waals surface area (Å²) in [7, 11) is 6.70. The van der Waals surface area contributed by atoms with Crippen LogP contribution < -0.4 is 0 Å². The van der Waals surface area contributed by atoms with Gasteiger partial charge in [-0.25, -0.2) is 0 Å². The summed E-state index contributed by atoms with van der Waals surface area (Å²) in [6.07, 6.45) is 1.14. The third kappa shape index (κ3) is 4.22. The normalized spacial score (nSPS) is 11.7. The van der Waals surface area contributed by atoms with E-state index in [4.69, 9.17) is 8.91 Å². The van der Waals surface area contributed by atoms with Crippen LogP contribution in [0.25, 0.3) is 0 Å². The molecule has 0 bridgehead atoms. The molecule has 0 fully saturated rings. The first-order valence-corrected chi connectivity index (χ1v) is 11.5. The topological polar surface area (TPSA) is 0 Å². The van der Waals surface area contributed by atoms with Gasteiger partial charge in [-0.1, -0.05) is 0 Å². The van der Waals surface area contributed by atoms with Crippen LogP contribution in [-0.2, 0) is 6.42 Å². The molecule has 0 saturated heterocycles. The fourth-order valence-corrected chi connectivity index (χ4v) is 5.95. The molecule has 0 nitrogen and oxygen atoms in total. The van der Waals surface area contributed by atoms with Gasteiger partial charge >= 0.3 is 128 Å². The quantitative estimate of drug-likeness (QED) is 0.574. The maximum absolute atomic E-state index is 6.70. The zero-order valence-electron chi connectivity index (χ0n) is 11.7. The van der Waals surface area contributed by atoms with Gasteiger partial charge in [-0.05, 0) is 0 Å². The molecule has 0 saturated carbocycles. The summed E-state index contributed by atoms with van der Waals surface area (Å²) in [6.45, 7) is 6.61. The van der Waals surface area contributed by atoms with Gasteiger partial charge in [0.15, 0.2) is 0 Å². The van der Waals surface area contributed by atoms with Crippen LogP contribution in [0.2, 0.25) is 0 Å². The summed E-state index contributed by atoms with van der Waals surface area (Å²) >= 11 is -1.71. The Labute approximate surface area is 127 Å². The summed E-state index contributed by atoms with van der Waals surface area (Å²) < 4.78 is 2.63. The van der Waals surface area contributed by atoms with Gasteiger partial charge in [-0.15, -0.1) is 0 Å². The van der Waals surface area contributed by atoms with E-state index in [1.54, 1.807) is 0 Å². The van der Waals surface area contributed by atoms with Gasteiger partial charge in [-0.2, -0.15) is 0 Å². The van der Waals surface area contributed by atoms with Crippen LogP contribution in [0.5, 0.6) is 0 Å². The van der Waals surface area contributed by atoms with Gasteiger partial charge < -0.3 is 0 Å². The van der Waals surface area contributed by atoms with Gasteiger partial charge in [0, 0.05) is 0 Å². The Morgan fingerprint density at radius 2 is 1.37 bits per heavy atom. The Bertz CT molecular complexity index is 514. The molecule has 0 unspecified atom stereocenters. The van der Waals surface area contributed by atoms with Crippen LogP contribution in [-0.4, -0.2) is 0 Å². The molecule has 0 aliphatic rings. The molecule has 0 spiro atoms. The van der Waals surface area contributed by atoms with Crippen LogP contribution in [0.1, 0.15) is 25.0 Å². The third-order valence-corrected chi connectivity index (χ3v) is 8.79. The molecular formula is C17H20ClI. The van der Waals surface area contributed by atoms with Crippen LogP contribution >= 0.6 is 27.6 Å². The zero-order chi connectivity index (χ0) is 13.8. The minimum atomic E-state index is -1.71. The van der Waals surface area contributed by atoms with Crippen molar-refractivity contribution in [1.29, 1.82) is 0 Å². The van der Waals surface area contributed by atoms with Gasteiger partial charge in [0.05, 0.1) is 0 Å². The molecule has 2 aromatic carbocycles. The van der Waals surface area contributed by atoms with Gasteiger partial charge in [-0.3, -0.25) is 0 Å². The second-order valence-electron chi connectivity index (χ2n) is 5.26. The molecule has 0 radical (unpaired) electrons. The predicted octanol–water partition coefficient (Wildman–Crippen LogP) is 5.89. The molecule has 0 aliphatic carbocycles. The molecule has 2 heteroatoms. The van der Waals surface area contributed by atoms with Crippen molar-refractivity contribution in [3.63, 3.8) is 0 Å². The van der Waals surface area contributed by atoms with Gasteiger partial charge in [0.2, 0.25) is 0 Å². The van der Waals surface area contributed by atoms with Crippen molar-refractivity contribution in [2.75, 3.05) is 0 Å². The van der Waals surface area contributed by atoms with E-state index in [9.17, 15) is 0 Å². The SMILES string of the molecule is Cc1ccc(I(Cl)c2ccc(CC(C)C)cc2)cc1. The Kier molecular flexibility index (Phi) is 5.28. The van der Waals surface area contributed by atoms with Crippen molar-refractivity contribution >= 4 is 27.6 Å². The Morgan fingerprint density at radius 3 is 1.84 bits per heavy atom. The third-order valence-electron chi connectivity index (χ3n) is 2.95. The van der Waals surface area contributed by atoms with E-state index in [2.05, 4.69) is 69.3 Å². The average Bonchev–Trinajstić information content (AvgIpc) is 2.39. The zero-order valence-corrected chi connectivity index (χ0v) is 14.6. The monoisotopic (exact) mass is 386 g/mol. The van der Waals surface area contributed by atoms with Crippen LogP contribution in [0.4, 0.5) is 0 Å². The molecular weight excluding hydrogens is 367 g/mol. The predicted molar refractivity (Wildman–Crippen MR) is 93.4 cm³/mol. The van der Waals surface area contributed by atoms with Crippen molar-refractivity contribution < 1.29 is 0 Å². The second kappa shape index (κ2) is 6.76. The molecule has 2 rings (SSSR count). The van der Waals surface area contributed by atoms with Crippen molar-refractivity contribution in [1.82, 2.24) is 0 Å². The Balaban J connectivity index is 2.15. The first kappa shape index (κ1) is 14.9. The fraction of sp³-hybridized carbons (Fsp3) is 0.294. The first-order valence-electron chi connectivity index (χ1n) is 6.58. The molecule has 0 amide bonds. The maximum atomic E-state index is 6.70. The van der Waals surface area contributed by atoms with Crippen molar-refractivity contribution in [3.05, 3.63) is 66.8 Å². The van der Waals surface area contributed by atoms with Gasteiger partial charge in [0.1, 0.15) is 0 Å². The summed E-state index contributed by atoms with van der Waals surface area (Å²) in [5, 5.41) is 0. The summed E-state index contributed by atoms with van der Waals surface area (Å²) in [5.74, 6) is 0.702. The second-order valence-corrected chi connectivity index (χ2v) is 11.0. The van der Waals surface area contributed by atoms with E-state index >= 15 is 0 Å². The number of halogens is 2. The minimum absolute atomic E-state index is 0.702. The van der Waals surface area contributed by atoms with Gasteiger partial charge in [0.25, 0.3) is 0 Å². The van der Waals surface area contributed by atoms with Crippen molar-refractivity contribution in [2.45, 2.75) is 27.2 Å². The molecule has 0 N–H and O–H groups in total. The Hall–Kier alpha value is -0.540. The van der Waals surface area contributed by atoms with E-state index in [0.29, 0.717) is 5.92 Å². The summed E-state index contributed by atoms with van der Waals surface area (Å²) in [6, 6.07) is 17.5. The molecule has 0 aliphatic heterocycles. The molecule has 0 atom stereocenters. The number of rotatable bonds is 4. The Morgan fingerprint density at radius 1 is 0.895 bits per heavy atom. The van der Waals surface area contributed by atoms with Crippen molar-refractivity contribution in [2.24, 2.45) is 5.92 Å². The average molecular weight is 387 g/mol. The van der Waals surface area contributed by atoms with E-state index in [1.807, 2.05) is 0 Å². The number of benzene rings is 2. The molecule has 2 aromatic rings. The fourth-order valence-electron chi connectivity index (χ4n) is 1.97. The van der Waals surface area contributed by atoms with Crippen molar-refractivity contribution in [3.8, 4) is 0 Å². The molecule has 19 heavy (non-hydrogen) atoms. The van der Waals surface area contributed by atoms with E-state index in [1.165, 1.54) is 18.3 Å². The number of hydrogen-bond acceptors (Lipinski definition) is 0.